The molecule has 0 heterocycles. The molecule has 0 unspecified atom stereocenters. The minimum atomic E-state index is -1.09. The molecule has 0 spiro atoms. The number of nitrogens with zero attached hydrogens (tertiary/aromatic N) is 1. The van der Waals surface area contributed by atoms with E-state index in [4.69, 9.17) is 11.6 Å². The summed E-state index contributed by atoms with van der Waals surface area (Å²) in [6.07, 6.45) is 0. The summed E-state index contributed by atoms with van der Waals surface area (Å²) < 4.78 is 26.0. The van der Waals surface area contributed by atoms with Crippen LogP contribution in [0.3, 0.4) is 0 Å². The second-order valence-electron chi connectivity index (χ2n) is 6.15. The zero-order valence-electron chi connectivity index (χ0n) is 15.5. The lowest BCUT2D eigenvalue weighted by Crippen LogP contribution is -2.41. The van der Waals surface area contributed by atoms with Crippen LogP contribution in [-0.2, 0) is 14.4 Å². The molecule has 0 bridgehead atoms. The molecule has 0 atom stereocenters. The maximum Gasteiger partial charge on any atom is 0.243 e. The van der Waals surface area contributed by atoms with Crippen LogP contribution in [0.15, 0.2) is 42.5 Å². The molecule has 0 fully saturated rings. The van der Waals surface area contributed by atoms with Gasteiger partial charge in [-0.1, -0.05) is 23.7 Å². The molecule has 29 heavy (non-hydrogen) atoms. The number of halogens is 3. The molecule has 0 aliphatic heterocycles. The third-order valence-electron chi connectivity index (χ3n) is 3.62. The smallest absolute Gasteiger partial charge is 0.243 e. The number of hydrogen-bond acceptors (Lipinski definition) is 4. The van der Waals surface area contributed by atoms with Crippen molar-refractivity contribution in [2.24, 2.45) is 0 Å². The molecule has 154 valence electrons. The maximum atomic E-state index is 13.1. The monoisotopic (exact) mass is 424 g/mol. The number of hydrogen-bond donors (Lipinski definition) is 3. The Hall–Kier alpha value is -3.04. The van der Waals surface area contributed by atoms with Gasteiger partial charge in [-0.05, 0) is 31.3 Å². The van der Waals surface area contributed by atoms with Crippen LogP contribution in [0.4, 0.5) is 20.2 Å². The van der Waals surface area contributed by atoms with Crippen LogP contribution in [0.25, 0.3) is 0 Å². The molecule has 0 aliphatic rings. The van der Waals surface area contributed by atoms with Crippen LogP contribution < -0.4 is 16.0 Å². The molecule has 3 N–H and O–H groups in total. The van der Waals surface area contributed by atoms with Crippen LogP contribution in [0.5, 0.6) is 0 Å². The molecular weight excluding hydrogens is 406 g/mol. The predicted octanol–water partition coefficient (Wildman–Crippen LogP) is 2.24. The maximum absolute atomic E-state index is 13.1. The van der Waals surface area contributed by atoms with Crippen LogP contribution in [-0.4, -0.2) is 49.3 Å². The Kier molecular flexibility index (Phi) is 8.05. The standard InChI is InChI=1S/C19H19ClF2N4O3/c1-26(11-19(29)25-16-5-3-2-4-13(16)20)10-18(28)23-9-17(27)24-12-6-7-14(21)15(22)8-12/h2-8H,9-11H2,1H3,(H,23,28)(H,24,27)(H,25,29). The highest BCUT2D eigenvalue weighted by molar-refractivity contribution is 6.33. The fourth-order valence-corrected chi connectivity index (χ4v) is 2.50. The topological polar surface area (TPSA) is 90.5 Å². The van der Waals surface area contributed by atoms with Crippen molar-refractivity contribution in [2.75, 3.05) is 37.3 Å². The normalized spacial score (nSPS) is 10.5. The van der Waals surface area contributed by atoms with E-state index in [0.29, 0.717) is 10.7 Å². The van der Waals surface area contributed by atoms with Gasteiger partial charge < -0.3 is 16.0 Å². The second kappa shape index (κ2) is 10.5. The number of carbonyl (C=O) groups excluding carboxylic acids is 3. The van der Waals surface area contributed by atoms with Gasteiger partial charge in [-0.3, -0.25) is 19.3 Å². The van der Waals surface area contributed by atoms with Crippen molar-refractivity contribution < 1.29 is 23.2 Å². The van der Waals surface area contributed by atoms with Gasteiger partial charge in [0.1, 0.15) is 0 Å². The number of para-hydroxylation sites is 1. The lowest BCUT2D eigenvalue weighted by Gasteiger charge is -2.16. The van der Waals surface area contributed by atoms with Crippen LogP contribution >= 0.6 is 11.6 Å². The summed E-state index contributed by atoms with van der Waals surface area (Å²) in [7, 11) is 1.56. The highest BCUT2D eigenvalue weighted by Gasteiger charge is 2.13. The number of benzene rings is 2. The van der Waals surface area contributed by atoms with Gasteiger partial charge in [-0.25, -0.2) is 8.78 Å². The van der Waals surface area contributed by atoms with E-state index < -0.39 is 23.4 Å². The van der Waals surface area contributed by atoms with Gasteiger partial charge in [0.25, 0.3) is 0 Å². The van der Waals surface area contributed by atoms with Crippen molar-refractivity contribution in [2.45, 2.75) is 0 Å². The summed E-state index contributed by atoms with van der Waals surface area (Å²) in [4.78, 5) is 37.2. The van der Waals surface area contributed by atoms with Crippen molar-refractivity contribution >= 4 is 40.7 Å². The van der Waals surface area contributed by atoms with Gasteiger partial charge in [-0.2, -0.15) is 0 Å². The number of carbonyl (C=O) groups is 3. The Balaban J connectivity index is 1.72. The van der Waals surface area contributed by atoms with Gasteiger partial charge in [0.15, 0.2) is 11.6 Å². The van der Waals surface area contributed by atoms with E-state index >= 15 is 0 Å². The molecule has 10 heteroatoms. The number of amides is 3. The van der Waals surface area contributed by atoms with E-state index in [1.165, 1.54) is 11.0 Å². The van der Waals surface area contributed by atoms with E-state index in [1.807, 2.05) is 0 Å². The third kappa shape index (κ3) is 7.47. The van der Waals surface area contributed by atoms with Crippen molar-refractivity contribution in [3.05, 3.63) is 59.1 Å². The third-order valence-corrected chi connectivity index (χ3v) is 3.95. The van der Waals surface area contributed by atoms with Crippen LogP contribution in [0, 0.1) is 11.6 Å². The Labute approximate surface area is 171 Å². The predicted molar refractivity (Wildman–Crippen MR) is 106 cm³/mol. The first-order valence-corrected chi connectivity index (χ1v) is 8.87. The lowest BCUT2D eigenvalue weighted by atomic mass is 10.3. The zero-order valence-corrected chi connectivity index (χ0v) is 16.2. The Morgan fingerprint density at radius 1 is 0.931 bits per heavy atom. The fourth-order valence-electron chi connectivity index (χ4n) is 2.31. The van der Waals surface area contributed by atoms with E-state index in [2.05, 4.69) is 16.0 Å². The summed E-state index contributed by atoms with van der Waals surface area (Å²) >= 11 is 5.96. The quantitative estimate of drug-likeness (QED) is 0.606. The molecule has 0 radical (unpaired) electrons. The summed E-state index contributed by atoms with van der Waals surface area (Å²) in [5, 5.41) is 7.74. The minimum Gasteiger partial charge on any atom is -0.346 e. The first-order valence-electron chi connectivity index (χ1n) is 8.49. The van der Waals surface area contributed by atoms with Gasteiger partial charge in [-0.15, -0.1) is 0 Å². The molecule has 2 aromatic carbocycles. The van der Waals surface area contributed by atoms with Gasteiger partial charge >= 0.3 is 0 Å². The van der Waals surface area contributed by atoms with Crippen molar-refractivity contribution in [1.29, 1.82) is 0 Å². The summed E-state index contributed by atoms with van der Waals surface area (Å²) in [5.74, 6) is -3.58. The molecule has 2 rings (SSSR count). The zero-order chi connectivity index (χ0) is 21.4. The summed E-state index contributed by atoms with van der Waals surface area (Å²) in [6, 6.07) is 9.66. The Morgan fingerprint density at radius 2 is 1.62 bits per heavy atom. The van der Waals surface area contributed by atoms with Gasteiger partial charge in [0, 0.05) is 11.8 Å². The number of rotatable bonds is 8. The SMILES string of the molecule is CN(CC(=O)NCC(=O)Nc1ccc(F)c(F)c1)CC(=O)Nc1ccccc1Cl. The average molecular weight is 425 g/mol. The molecule has 0 saturated heterocycles. The molecule has 0 aliphatic carbocycles. The van der Waals surface area contributed by atoms with E-state index in [9.17, 15) is 23.2 Å². The first-order chi connectivity index (χ1) is 13.7. The first kappa shape index (κ1) is 22.3. The van der Waals surface area contributed by atoms with Crippen molar-refractivity contribution in [3.8, 4) is 0 Å². The Bertz CT molecular complexity index is 911. The van der Waals surface area contributed by atoms with Crippen LogP contribution in [0.2, 0.25) is 5.02 Å². The number of likely N-dealkylation sites (N-methyl/N-ethyl adjacent to an activating group) is 1. The largest absolute Gasteiger partial charge is 0.346 e. The van der Waals surface area contributed by atoms with E-state index in [1.54, 1.807) is 31.3 Å². The van der Waals surface area contributed by atoms with Crippen molar-refractivity contribution in [1.82, 2.24) is 10.2 Å². The fraction of sp³-hybridized carbons (Fsp3) is 0.211. The highest BCUT2D eigenvalue weighted by atomic mass is 35.5. The molecule has 7 nitrogen and oxygen atoms in total. The minimum absolute atomic E-state index is 0.0662. The highest BCUT2D eigenvalue weighted by Crippen LogP contribution is 2.20. The second-order valence-corrected chi connectivity index (χ2v) is 6.56. The number of nitrogens with one attached hydrogen (secondary N) is 3. The average Bonchev–Trinajstić information content (AvgIpc) is 2.65. The number of anilines is 2. The van der Waals surface area contributed by atoms with Crippen molar-refractivity contribution in [3.63, 3.8) is 0 Å². The lowest BCUT2D eigenvalue weighted by molar-refractivity contribution is -0.125. The molecule has 3 amide bonds. The molecule has 2 aromatic rings. The van der Waals surface area contributed by atoms with Gasteiger partial charge in [0.05, 0.1) is 30.3 Å². The van der Waals surface area contributed by atoms with E-state index in [-0.39, 0.29) is 31.2 Å². The Morgan fingerprint density at radius 3 is 2.31 bits per heavy atom. The summed E-state index contributed by atoms with van der Waals surface area (Å²) in [5.41, 5.74) is 0.530. The van der Waals surface area contributed by atoms with E-state index in [0.717, 1.165) is 12.1 Å². The summed E-state index contributed by atoms with van der Waals surface area (Å²) in [6.45, 7) is -0.564. The van der Waals surface area contributed by atoms with Crippen LogP contribution in [0.1, 0.15) is 0 Å². The molecular formula is C19H19ClF2N4O3. The molecule has 0 saturated carbocycles. The molecule has 0 aromatic heterocycles. The van der Waals surface area contributed by atoms with Gasteiger partial charge in [0.2, 0.25) is 17.7 Å².